The van der Waals surface area contributed by atoms with Gasteiger partial charge in [0.05, 0.1) is 25.2 Å². The van der Waals surface area contributed by atoms with Crippen LogP contribution in [-0.4, -0.2) is 41.8 Å². The van der Waals surface area contributed by atoms with Gasteiger partial charge in [-0.25, -0.2) is 0 Å². The van der Waals surface area contributed by atoms with Crippen molar-refractivity contribution in [1.82, 2.24) is 5.32 Å². The van der Waals surface area contributed by atoms with E-state index in [4.69, 9.17) is 15.6 Å². The van der Waals surface area contributed by atoms with Crippen molar-refractivity contribution in [2.24, 2.45) is 17.6 Å². The molecule has 4 N–H and O–H groups in total. The zero-order valence-corrected chi connectivity index (χ0v) is 12.5. The van der Waals surface area contributed by atoms with E-state index in [1.807, 2.05) is 6.92 Å². The predicted molar refractivity (Wildman–Crippen MR) is 75.1 cm³/mol. The fourth-order valence-electron chi connectivity index (χ4n) is 2.67. The van der Waals surface area contributed by atoms with E-state index < -0.39 is 17.9 Å². The van der Waals surface area contributed by atoms with Crippen LogP contribution in [0.15, 0.2) is 0 Å². The first-order valence-corrected chi connectivity index (χ1v) is 7.20. The van der Waals surface area contributed by atoms with Gasteiger partial charge >= 0.3 is 5.97 Å². The molecule has 6 heteroatoms. The van der Waals surface area contributed by atoms with Crippen molar-refractivity contribution in [3.63, 3.8) is 0 Å². The van der Waals surface area contributed by atoms with Gasteiger partial charge in [0.1, 0.15) is 0 Å². The van der Waals surface area contributed by atoms with Gasteiger partial charge in [-0.15, -0.1) is 0 Å². The average Bonchev–Trinajstić information content (AvgIpc) is 2.65. The largest absolute Gasteiger partial charge is 0.481 e. The molecule has 1 aliphatic carbocycles. The standard InChI is InChI=1S/C14H26N2O4/c1-8-4-5-9(2)13(8)20-7-10(3)16-14(19)11(15)6-12(17)18/h8-11,13H,4-7,15H2,1-3H3,(H,16,19)(H,17,18)/t8?,9?,10?,11-,13?/m0/s1. The van der Waals surface area contributed by atoms with Crippen LogP contribution in [0, 0.1) is 11.8 Å². The minimum Gasteiger partial charge on any atom is -0.481 e. The van der Waals surface area contributed by atoms with Crippen LogP contribution in [0.4, 0.5) is 0 Å². The maximum atomic E-state index is 11.7. The van der Waals surface area contributed by atoms with E-state index in [0.29, 0.717) is 18.4 Å². The van der Waals surface area contributed by atoms with Crippen molar-refractivity contribution >= 4 is 11.9 Å². The van der Waals surface area contributed by atoms with Crippen LogP contribution in [0.5, 0.6) is 0 Å². The van der Waals surface area contributed by atoms with Crippen LogP contribution >= 0.6 is 0 Å². The lowest BCUT2D eigenvalue weighted by atomic mass is 10.0. The molecule has 116 valence electrons. The van der Waals surface area contributed by atoms with Crippen LogP contribution in [0.2, 0.25) is 0 Å². The summed E-state index contributed by atoms with van der Waals surface area (Å²) >= 11 is 0. The molecular formula is C14H26N2O4. The SMILES string of the molecule is CC(COC1C(C)CCC1C)NC(=O)[C@@H](N)CC(=O)O. The average molecular weight is 286 g/mol. The van der Waals surface area contributed by atoms with Gasteiger partial charge in [0.2, 0.25) is 5.91 Å². The van der Waals surface area contributed by atoms with E-state index in [2.05, 4.69) is 19.2 Å². The molecule has 0 bridgehead atoms. The molecular weight excluding hydrogens is 260 g/mol. The van der Waals surface area contributed by atoms with E-state index in [1.165, 1.54) is 12.8 Å². The Balaban J connectivity index is 2.31. The summed E-state index contributed by atoms with van der Waals surface area (Å²) in [7, 11) is 0. The Bertz CT molecular complexity index is 338. The zero-order chi connectivity index (χ0) is 15.3. The molecule has 0 heterocycles. The van der Waals surface area contributed by atoms with Crippen molar-refractivity contribution in [3.05, 3.63) is 0 Å². The van der Waals surface area contributed by atoms with Crippen LogP contribution < -0.4 is 11.1 Å². The Morgan fingerprint density at radius 1 is 1.35 bits per heavy atom. The van der Waals surface area contributed by atoms with Gasteiger partial charge in [0, 0.05) is 6.04 Å². The Labute approximate surface area is 120 Å². The number of hydrogen-bond acceptors (Lipinski definition) is 4. The van der Waals surface area contributed by atoms with Crippen molar-refractivity contribution < 1.29 is 19.4 Å². The molecule has 0 saturated heterocycles. The lowest BCUT2D eigenvalue weighted by Crippen LogP contribution is -2.47. The Kier molecular flexibility index (Phi) is 6.42. The van der Waals surface area contributed by atoms with Crippen molar-refractivity contribution in [1.29, 1.82) is 0 Å². The first-order chi connectivity index (χ1) is 9.31. The number of rotatable bonds is 7. The molecule has 1 amide bonds. The number of nitrogens with two attached hydrogens (primary N) is 1. The van der Waals surface area contributed by atoms with Gasteiger partial charge in [-0.1, -0.05) is 13.8 Å². The number of aliphatic carboxylic acids is 1. The molecule has 0 aliphatic heterocycles. The molecule has 1 rings (SSSR count). The highest BCUT2D eigenvalue weighted by molar-refractivity contribution is 5.86. The second-order valence-corrected chi connectivity index (χ2v) is 5.94. The van der Waals surface area contributed by atoms with Gasteiger partial charge in [-0.05, 0) is 31.6 Å². The normalized spacial score (nSPS) is 28.9. The number of carboxylic acid groups (broad SMARTS) is 1. The third-order valence-corrected chi connectivity index (χ3v) is 3.86. The van der Waals surface area contributed by atoms with Crippen molar-refractivity contribution in [2.45, 2.75) is 58.2 Å². The maximum Gasteiger partial charge on any atom is 0.305 e. The Morgan fingerprint density at radius 3 is 2.40 bits per heavy atom. The number of carbonyl (C=O) groups is 2. The fourth-order valence-corrected chi connectivity index (χ4v) is 2.67. The summed E-state index contributed by atoms with van der Waals surface area (Å²) in [4.78, 5) is 22.1. The molecule has 20 heavy (non-hydrogen) atoms. The van der Waals surface area contributed by atoms with E-state index in [1.54, 1.807) is 0 Å². The van der Waals surface area contributed by atoms with E-state index in [9.17, 15) is 9.59 Å². The number of nitrogens with one attached hydrogen (secondary N) is 1. The maximum absolute atomic E-state index is 11.7. The zero-order valence-electron chi connectivity index (χ0n) is 12.5. The van der Waals surface area contributed by atoms with Gasteiger partial charge in [0.25, 0.3) is 0 Å². The quantitative estimate of drug-likeness (QED) is 0.641. The first kappa shape index (κ1) is 16.9. The van der Waals surface area contributed by atoms with Crippen LogP contribution in [-0.2, 0) is 14.3 Å². The second kappa shape index (κ2) is 7.59. The Morgan fingerprint density at radius 2 is 1.90 bits per heavy atom. The van der Waals surface area contributed by atoms with Crippen molar-refractivity contribution in [3.8, 4) is 0 Å². The summed E-state index contributed by atoms with van der Waals surface area (Å²) in [5.74, 6) is -0.439. The van der Waals surface area contributed by atoms with Gasteiger partial charge < -0.3 is 20.9 Å². The summed E-state index contributed by atoms with van der Waals surface area (Å²) in [6.07, 6.45) is 2.23. The number of carbonyl (C=O) groups excluding carboxylic acids is 1. The molecule has 1 fully saturated rings. The van der Waals surface area contributed by atoms with Crippen LogP contribution in [0.1, 0.15) is 40.0 Å². The predicted octanol–water partition coefficient (Wildman–Crippen LogP) is 0.744. The first-order valence-electron chi connectivity index (χ1n) is 7.20. The summed E-state index contributed by atoms with van der Waals surface area (Å²) in [6.45, 7) is 6.61. The molecule has 4 atom stereocenters. The molecule has 0 radical (unpaired) electrons. The number of ether oxygens (including phenoxy) is 1. The third kappa shape index (κ3) is 5.09. The molecule has 0 aromatic rings. The third-order valence-electron chi connectivity index (χ3n) is 3.86. The number of carboxylic acids is 1. The van der Waals surface area contributed by atoms with Gasteiger partial charge in [0.15, 0.2) is 0 Å². The minimum absolute atomic E-state index is 0.178. The Hall–Kier alpha value is -1.14. The van der Waals surface area contributed by atoms with E-state index in [0.717, 1.165) is 0 Å². The summed E-state index contributed by atoms with van der Waals surface area (Å²) in [5, 5.41) is 11.3. The second-order valence-electron chi connectivity index (χ2n) is 5.94. The minimum atomic E-state index is -1.08. The monoisotopic (exact) mass is 286 g/mol. The lowest BCUT2D eigenvalue weighted by Gasteiger charge is -2.24. The van der Waals surface area contributed by atoms with Crippen LogP contribution in [0.25, 0.3) is 0 Å². The fraction of sp³-hybridized carbons (Fsp3) is 0.857. The van der Waals surface area contributed by atoms with Crippen molar-refractivity contribution in [2.75, 3.05) is 6.61 Å². The topological polar surface area (TPSA) is 102 Å². The molecule has 6 nitrogen and oxygen atoms in total. The molecule has 0 aromatic carbocycles. The number of hydrogen-bond donors (Lipinski definition) is 3. The van der Waals surface area contributed by atoms with E-state index >= 15 is 0 Å². The highest BCUT2D eigenvalue weighted by Gasteiger charge is 2.31. The summed E-state index contributed by atoms with van der Waals surface area (Å²) < 4.78 is 5.88. The summed E-state index contributed by atoms with van der Waals surface area (Å²) in [6, 6.07) is -1.19. The molecule has 0 spiro atoms. The summed E-state index contributed by atoms with van der Waals surface area (Å²) in [5.41, 5.74) is 5.50. The smallest absolute Gasteiger partial charge is 0.305 e. The van der Waals surface area contributed by atoms with Gasteiger partial charge in [-0.3, -0.25) is 9.59 Å². The van der Waals surface area contributed by atoms with Crippen LogP contribution in [0.3, 0.4) is 0 Å². The molecule has 1 aliphatic rings. The molecule has 3 unspecified atom stereocenters. The highest BCUT2D eigenvalue weighted by Crippen LogP contribution is 2.32. The molecule has 1 saturated carbocycles. The van der Waals surface area contributed by atoms with Gasteiger partial charge in [-0.2, -0.15) is 0 Å². The number of amides is 1. The highest BCUT2D eigenvalue weighted by atomic mass is 16.5. The lowest BCUT2D eigenvalue weighted by molar-refractivity contribution is -0.139. The molecule has 0 aromatic heterocycles. The van der Waals surface area contributed by atoms with E-state index in [-0.39, 0.29) is 18.6 Å².